The van der Waals surface area contributed by atoms with Crippen molar-refractivity contribution < 1.29 is 29.7 Å². The molecule has 0 aromatic carbocycles. The van der Waals surface area contributed by atoms with E-state index in [0.29, 0.717) is 6.42 Å². The van der Waals surface area contributed by atoms with Gasteiger partial charge in [0, 0.05) is 0 Å². The average molecular weight is 240 g/mol. The molecule has 0 spiro atoms. The molecular weight excluding hydrogens is 228 g/mol. The highest BCUT2D eigenvalue weighted by Gasteiger charge is 2.64. The maximum atomic E-state index is 11.4. The van der Waals surface area contributed by atoms with Crippen molar-refractivity contribution in [3.63, 3.8) is 0 Å². The summed E-state index contributed by atoms with van der Waals surface area (Å²) in [6.07, 6.45) is 3.09. The van der Waals surface area contributed by atoms with Crippen molar-refractivity contribution in [2.24, 2.45) is 23.2 Å². The van der Waals surface area contributed by atoms with Crippen LogP contribution < -0.4 is 0 Å². The van der Waals surface area contributed by atoms with Crippen molar-refractivity contribution >= 4 is 17.9 Å². The molecule has 3 N–H and O–H groups in total. The van der Waals surface area contributed by atoms with Crippen LogP contribution in [0.15, 0.2) is 12.2 Å². The minimum Gasteiger partial charge on any atom is -0.481 e. The molecule has 1 saturated carbocycles. The molecule has 4 atom stereocenters. The quantitative estimate of drug-likeness (QED) is 0.614. The van der Waals surface area contributed by atoms with Crippen LogP contribution in [0.1, 0.15) is 12.8 Å². The molecule has 0 aromatic heterocycles. The lowest BCUT2D eigenvalue weighted by Crippen LogP contribution is -2.47. The Balaban J connectivity index is 2.49. The van der Waals surface area contributed by atoms with Gasteiger partial charge in [0.25, 0.3) is 0 Å². The van der Waals surface area contributed by atoms with E-state index in [1.165, 1.54) is 0 Å². The summed E-state index contributed by atoms with van der Waals surface area (Å²) in [5, 5.41) is 27.3. The molecule has 0 amide bonds. The predicted octanol–water partition coefficient (Wildman–Crippen LogP) is 0.439. The zero-order valence-corrected chi connectivity index (χ0v) is 8.87. The Bertz CT molecular complexity index is 426. The first-order valence-corrected chi connectivity index (χ1v) is 5.26. The summed E-state index contributed by atoms with van der Waals surface area (Å²) in [5.74, 6) is -5.85. The van der Waals surface area contributed by atoms with Gasteiger partial charge in [0.05, 0.1) is 17.8 Å². The summed E-state index contributed by atoms with van der Waals surface area (Å²) in [7, 11) is 0. The van der Waals surface area contributed by atoms with Crippen LogP contribution in [0.25, 0.3) is 0 Å². The number of hydrogen-bond acceptors (Lipinski definition) is 3. The molecule has 1 fully saturated rings. The summed E-state index contributed by atoms with van der Waals surface area (Å²) in [4.78, 5) is 33.4. The van der Waals surface area contributed by atoms with Gasteiger partial charge in [-0.1, -0.05) is 12.2 Å². The third-order valence-corrected chi connectivity index (χ3v) is 3.87. The largest absolute Gasteiger partial charge is 0.481 e. The number of carbonyl (C=O) groups is 3. The molecule has 2 bridgehead atoms. The maximum Gasteiger partial charge on any atom is 0.311 e. The molecular formula is C11H12O6. The van der Waals surface area contributed by atoms with E-state index in [1.54, 1.807) is 12.2 Å². The van der Waals surface area contributed by atoms with Gasteiger partial charge >= 0.3 is 17.9 Å². The van der Waals surface area contributed by atoms with Gasteiger partial charge in [-0.05, 0) is 18.3 Å². The van der Waals surface area contributed by atoms with Gasteiger partial charge in [0.1, 0.15) is 0 Å². The highest BCUT2D eigenvalue weighted by molar-refractivity contribution is 5.89. The summed E-state index contributed by atoms with van der Waals surface area (Å²) < 4.78 is 0. The third-order valence-electron chi connectivity index (χ3n) is 3.87. The monoisotopic (exact) mass is 240 g/mol. The van der Waals surface area contributed by atoms with Crippen molar-refractivity contribution in [1.82, 2.24) is 0 Å². The van der Waals surface area contributed by atoms with Gasteiger partial charge in [-0.25, -0.2) is 0 Å². The molecule has 0 aromatic rings. The lowest BCUT2D eigenvalue weighted by molar-refractivity contribution is -0.168. The van der Waals surface area contributed by atoms with Crippen LogP contribution in [-0.2, 0) is 14.4 Å². The van der Waals surface area contributed by atoms with E-state index in [1.807, 2.05) is 0 Å². The molecule has 92 valence electrons. The minimum atomic E-state index is -1.70. The van der Waals surface area contributed by atoms with Gasteiger partial charge < -0.3 is 15.3 Å². The van der Waals surface area contributed by atoms with E-state index in [9.17, 15) is 19.5 Å². The molecule has 2 aliphatic rings. The van der Waals surface area contributed by atoms with E-state index in [2.05, 4.69) is 0 Å². The average Bonchev–Trinajstić information content (AvgIpc) is 2.74. The van der Waals surface area contributed by atoms with E-state index in [-0.39, 0.29) is 5.92 Å². The first-order valence-electron chi connectivity index (χ1n) is 5.26. The fraction of sp³-hybridized carbons (Fsp3) is 0.545. The highest BCUT2D eigenvalue weighted by atomic mass is 16.4. The summed E-state index contributed by atoms with van der Waals surface area (Å²) >= 11 is 0. The zero-order valence-electron chi connectivity index (χ0n) is 8.87. The van der Waals surface area contributed by atoms with Gasteiger partial charge in [0.15, 0.2) is 0 Å². The topological polar surface area (TPSA) is 112 Å². The Morgan fingerprint density at radius 2 is 1.82 bits per heavy atom. The van der Waals surface area contributed by atoms with Crippen LogP contribution >= 0.6 is 0 Å². The van der Waals surface area contributed by atoms with Crippen molar-refractivity contribution in [1.29, 1.82) is 0 Å². The molecule has 2 aliphatic carbocycles. The summed E-state index contributed by atoms with van der Waals surface area (Å²) in [6, 6.07) is 0. The lowest BCUT2D eigenvalue weighted by atomic mass is 9.66. The van der Waals surface area contributed by atoms with Crippen LogP contribution in [0.3, 0.4) is 0 Å². The molecule has 0 radical (unpaired) electrons. The normalized spacial score (nSPS) is 38.2. The summed E-state index contributed by atoms with van der Waals surface area (Å²) in [5.41, 5.74) is -1.70. The molecule has 2 rings (SSSR count). The van der Waals surface area contributed by atoms with E-state index in [4.69, 9.17) is 10.2 Å². The van der Waals surface area contributed by atoms with Crippen molar-refractivity contribution in [3.05, 3.63) is 12.2 Å². The van der Waals surface area contributed by atoms with Crippen molar-refractivity contribution in [2.45, 2.75) is 12.8 Å². The van der Waals surface area contributed by atoms with Gasteiger partial charge in [-0.15, -0.1) is 0 Å². The zero-order chi connectivity index (χ0) is 12.8. The number of carboxylic acid groups (broad SMARTS) is 3. The summed E-state index contributed by atoms with van der Waals surface area (Å²) in [6.45, 7) is 0. The standard InChI is InChI=1S/C11H12O6/c12-7(13)4-11(10(16)17)6-2-1-5(3-6)8(11)9(14)15/h1-2,5-6,8H,3-4H2,(H,12,13)(H,14,15)(H,16,17). The smallest absolute Gasteiger partial charge is 0.311 e. The number of rotatable bonds is 4. The van der Waals surface area contributed by atoms with Gasteiger partial charge in [-0.3, -0.25) is 14.4 Å². The molecule has 17 heavy (non-hydrogen) atoms. The Morgan fingerprint density at radius 1 is 1.18 bits per heavy atom. The maximum absolute atomic E-state index is 11.4. The van der Waals surface area contributed by atoms with Crippen LogP contribution in [0.4, 0.5) is 0 Å². The van der Waals surface area contributed by atoms with E-state index in [0.717, 1.165) is 0 Å². The molecule has 0 aliphatic heterocycles. The van der Waals surface area contributed by atoms with Crippen LogP contribution in [0.5, 0.6) is 0 Å². The van der Waals surface area contributed by atoms with Crippen LogP contribution in [0, 0.1) is 23.2 Å². The second kappa shape index (κ2) is 3.58. The van der Waals surface area contributed by atoms with Gasteiger partial charge in [0.2, 0.25) is 0 Å². The number of allylic oxidation sites excluding steroid dienone is 2. The highest BCUT2D eigenvalue weighted by Crippen LogP contribution is 2.58. The Kier molecular flexibility index (Phi) is 2.45. The van der Waals surface area contributed by atoms with Crippen LogP contribution in [0.2, 0.25) is 0 Å². The van der Waals surface area contributed by atoms with Crippen molar-refractivity contribution in [2.75, 3.05) is 0 Å². The molecule has 4 unspecified atom stereocenters. The van der Waals surface area contributed by atoms with Gasteiger partial charge in [-0.2, -0.15) is 0 Å². The Hall–Kier alpha value is -1.85. The third kappa shape index (κ3) is 1.44. The second-order valence-electron chi connectivity index (χ2n) is 4.62. The SMILES string of the molecule is O=C(O)CC1(C(=O)O)C2C=CC(C2)C1C(=O)O. The fourth-order valence-electron chi connectivity index (χ4n) is 3.23. The number of aliphatic carboxylic acids is 3. The predicted molar refractivity (Wildman–Crippen MR) is 54.2 cm³/mol. The molecule has 6 nitrogen and oxygen atoms in total. The van der Waals surface area contributed by atoms with Crippen LogP contribution in [-0.4, -0.2) is 33.2 Å². The van der Waals surface area contributed by atoms with E-state index < -0.39 is 41.6 Å². The first-order chi connectivity index (χ1) is 7.89. The van der Waals surface area contributed by atoms with E-state index >= 15 is 0 Å². The molecule has 6 heteroatoms. The Morgan fingerprint density at radius 3 is 2.29 bits per heavy atom. The number of hydrogen-bond donors (Lipinski definition) is 3. The second-order valence-corrected chi connectivity index (χ2v) is 4.62. The fourth-order valence-corrected chi connectivity index (χ4v) is 3.23. The number of carboxylic acids is 3. The molecule has 0 saturated heterocycles. The van der Waals surface area contributed by atoms with Crippen molar-refractivity contribution in [3.8, 4) is 0 Å². The Labute approximate surface area is 96.6 Å². The lowest BCUT2D eigenvalue weighted by Gasteiger charge is -2.34. The first kappa shape index (κ1) is 11.6. The molecule has 0 heterocycles. The number of fused-ring (bicyclic) bond motifs is 2. The minimum absolute atomic E-state index is 0.368.